The van der Waals surface area contributed by atoms with E-state index < -0.39 is 5.41 Å². The quantitative estimate of drug-likeness (QED) is 0.860. The van der Waals surface area contributed by atoms with Gasteiger partial charge in [-0.05, 0) is 50.3 Å². The van der Waals surface area contributed by atoms with Crippen molar-refractivity contribution < 1.29 is 9.59 Å². The van der Waals surface area contributed by atoms with Crippen LogP contribution in [0.1, 0.15) is 50.5 Å². The summed E-state index contributed by atoms with van der Waals surface area (Å²) in [5, 5.41) is 6.60. The molecule has 1 aromatic rings. The van der Waals surface area contributed by atoms with Crippen LogP contribution >= 0.6 is 11.6 Å². The molecule has 1 aromatic carbocycles. The van der Waals surface area contributed by atoms with Crippen LogP contribution in [0.2, 0.25) is 5.02 Å². The van der Waals surface area contributed by atoms with E-state index in [1.807, 2.05) is 13.0 Å². The summed E-state index contributed by atoms with van der Waals surface area (Å²) in [4.78, 5) is 25.1. The third kappa shape index (κ3) is 3.86. The summed E-state index contributed by atoms with van der Waals surface area (Å²) in [5.41, 5.74) is 1.13. The fourth-order valence-corrected chi connectivity index (χ4v) is 3.51. The van der Waals surface area contributed by atoms with Gasteiger partial charge in [-0.3, -0.25) is 9.59 Å². The average Bonchev–Trinajstić information content (AvgIpc) is 3.18. The Morgan fingerprint density at radius 3 is 2.61 bits per heavy atom. The lowest BCUT2D eigenvalue weighted by Gasteiger charge is -2.27. The number of carbonyl (C=O) groups excluding carboxylic acids is 2. The van der Waals surface area contributed by atoms with Crippen molar-refractivity contribution >= 4 is 29.1 Å². The first kappa shape index (κ1) is 16.3. The summed E-state index contributed by atoms with van der Waals surface area (Å²) in [6.45, 7) is 1.94. The minimum Gasteiger partial charge on any atom is -0.353 e. The zero-order valence-electron chi connectivity index (χ0n) is 13.5. The van der Waals surface area contributed by atoms with Crippen LogP contribution in [-0.4, -0.2) is 17.9 Å². The number of carbonyl (C=O) groups is 2. The van der Waals surface area contributed by atoms with Crippen LogP contribution in [0.15, 0.2) is 18.2 Å². The maximum absolute atomic E-state index is 12.9. The van der Waals surface area contributed by atoms with E-state index in [9.17, 15) is 9.59 Å². The van der Waals surface area contributed by atoms with Crippen LogP contribution in [-0.2, 0) is 9.59 Å². The summed E-state index contributed by atoms with van der Waals surface area (Å²) < 4.78 is 0. The van der Waals surface area contributed by atoms with Crippen LogP contribution < -0.4 is 10.6 Å². The summed E-state index contributed by atoms with van der Waals surface area (Å²) in [6, 6.07) is 5.79. The summed E-state index contributed by atoms with van der Waals surface area (Å²) >= 11 is 6.03. The molecule has 0 unspecified atom stereocenters. The van der Waals surface area contributed by atoms with Gasteiger partial charge in [0.1, 0.15) is 0 Å². The normalized spacial score (nSPS) is 19.4. The maximum atomic E-state index is 12.9. The first-order valence-electron chi connectivity index (χ1n) is 8.35. The predicted octanol–water partition coefficient (Wildman–Crippen LogP) is 3.82. The molecule has 0 bridgehead atoms. The molecule has 2 aliphatic rings. The molecule has 2 amide bonds. The van der Waals surface area contributed by atoms with Gasteiger partial charge in [-0.2, -0.15) is 0 Å². The average molecular weight is 335 g/mol. The molecule has 2 fully saturated rings. The van der Waals surface area contributed by atoms with Crippen molar-refractivity contribution in [2.24, 2.45) is 5.41 Å². The number of anilines is 1. The van der Waals surface area contributed by atoms with E-state index in [1.165, 1.54) is 0 Å². The van der Waals surface area contributed by atoms with Crippen LogP contribution in [0.5, 0.6) is 0 Å². The fourth-order valence-electron chi connectivity index (χ4n) is 3.33. The van der Waals surface area contributed by atoms with E-state index in [1.54, 1.807) is 12.1 Å². The third-order valence-corrected chi connectivity index (χ3v) is 5.17. The highest BCUT2D eigenvalue weighted by Crippen LogP contribution is 2.42. The first-order valence-corrected chi connectivity index (χ1v) is 8.73. The Morgan fingerprint density at radius 1 is 1.26 bits per heavy atom. The van der Waals surface area contributed by atoms with Crippen molar-refractivity contribution in [1.29, 1.82) is 0 Å². The minimum absolute atomic E-state index is 0.00682. The standard InChI is InChI=1S/C18H23ClN2O2/c1-12-4-5-13(19)10-15(12)21-17(23)18(8-2-3-9-18)11-16(22)20-14-6-7-14/h4-5,10,14H,2-3,6-9,11H2,1H3,(H,20,22)(H,21,23). The number of nitrogens with one attached hydrogen (secondary N) is 2. The summed E-state index contributed by atoms with van der Waals surface area (Å²) in [5.74, 6) is -0.0429. The minimum atomic E-state index is -0.576. The van der Waals surface area contributed by atoms with Crippen molar-refractivity contribution in [3.05, 3.63) is 28.8 Å². The van der Waals surface area contributed by atoms with E-state index in [0.29, 0.717) is 11.1 Å². The Balaban J connectivity index is 1.72. The summed E-state index contributed by atoms with van der Waals surface area (Å²) in [7, 11) is 0. The Morgan fingerprint density at radius 2 is 1.96 bits per heavy atom. The van der Waals surface area contributed by atoms with Gasteiger partial charge in [-0.15, -0.1) is 0 Å². The number of hydrogen-bond donors (Lipinski definition) is 2. The molecule has 0 aromatic heterocycles. The van der Waals surface area contributed by atoms with E-state index in [4.69, 9.17) is 11.6 Å². The van der Waals surface area contributed by atoms with Gasteiger partial charge in [0.15, 0.2) is 0 Å². The second kappa shape index (κ2) is 6.52. The lowest BCUT2D eigenvalue weighted by molar-refractivity contribution is -0.132. The molecule has 0 saturated heterocycles. The van der Waals surface area contributed by atoms with Crippen LogP contribution in [0.3, 0.4) is 0 Å². The Bertz CT molecular complexity index is 619. The van der Waals surface area contributed by atoms with Crippen molar-refractivity contribution in [2.45, 2.75) is 57.9 Å². The molecule has 4 nitrogen and oxygen atoms in total. The SMILES string of the molecule is Cc1ccc(Cl)cc1NC(=O)C1(CC(=O)NC2CC2)CCCC1. The van der Waals surface area contributed by atoms with Gasteiger partial charge in [-0.1, -0.05) is 30.5 Å². The molecule has 2 N–H and O–H groups in total. The molecular weight excluding hydrogens is 312 g/mol. The molecule has 2 saturated carbocycles. The Hall–Kier alpha value is -1.55. The van der Waals surface area contributed by atoms with Gasteiger partial charge >= 0.3 is 0 Å². The molecule has 0 heterocycles. The van der Waals surface area contributed by atoms with E-state index >= 15 is 0 Å². The van der Waals surface area contributed by atoms with Crippen molar-refractivity contribution in [3.63, 3.8) is 0 Å². The van der Waals surface area contributed by atoms with Gasteiger partial charge in [0.2, 0.25) is 11.8 Å². The molecule has 0 aliphatic heterocycles. The van der Waals surface area contributed by atoms with Gasteiger partial charge in [0, 0.05) is 23.2 Å². The van der Waals surface area contributed by atoms with E-state index in [2.05, 4.69) is 10.6 Å². The van der Waals surface area contributed by atoms with Crippen LogP contribution in [0.25, 0.3) is 0 Å². The molecular formula is C18H23ClN2O2. The smallest absolute Gasteiger partial charge is 0.231 e. The number of hydrogen-bond acceptors (Lipinski definition) is 2. The highest BCUT2D eigenvalue weighted by atomic mass is 35.5. The van der Waals surface area contributed by atoms with Gasteiger partial charge < -0.3 is 10.6 Å². The number of halogens is 1. The monoisotopic (exact) mass is 334 g/mol. The van der Waals surface area contributed by atoms with Gasteiger partial charge in [0.05, 0.1) is 5.41 Å². The number of rotatable bonds is 5. The van der Waals surface area contributed by atoms with Gasteiger partial charge in [0.25, 0.3) is 0 Å². The largest absolute Gasteiger partial charge is 0.353 e. The second-order valence-electron chi connectivity index (χ2n) is 6.92. The van der Waals surface area contributed by atoms with Crippen molar-refractivity contribution in [2.75, 3.05) is 5.32 Å². The second-order valence-corrected chi connectivity index (χ2v) is 7.36. The number of aryl methyl sites for hydroxylation is 1. The van der Waals surface area contributed by atoms with Crippen molar-refractivity contribution in [3.8, 4) is 0 Å². The maximum Gasteiger partial charge on any atom is 0.231 e. The molecule has 5 heteroatoms. The Labute approximate surface area is 142 Å². The molecule has 0 radical (unpaired) electrons. The van der Waals surface area contributed by atoms with Crippen molar-refractivity contribution in [1.82, 2.24) is 5.32 Å². The van der Waals surface area contributed by atoms with E-state index in [0.717, 1.165) is 49.8 Å². The highest BCUT2D eigenvalue weighted by molar-refractivity contribution is 6.31. The zero-order valence-corrected chi connectivity index (χ0v) is 14.2. The molecule has 3 rings (SSSR count). The Kier molecular flexibility index (Phi) is 4.62. The fraction of sp³-hybridized carbons (Fsp3) is 0.556. The lowest BCUT2D eigenvalue weighted by atomic mass is 9.81. The van der Waals surface area contributed by atoms with E-state index in [-0.39, 0.29) is 18.2 Å². The zero-order chi connectivity index (χ0) is 16.4. The topological polar surface area (TPSA) is 58.2 Å². The number of amides is 2. The lowest BCUT2D eigenvalue weighted by Crippen LogP contribution is -2.39. The first-order chi connectivity index (χ1) is 11.0. The predicted molar refractivity (Wildman–Crippen MR) is 91.5 cm³/mol. The molecule has 23 heavy (non-hydrogen) atoms. The molecule has 124 valence electrons. The van der Waals surface area contributed by atoms with Crippen LogP contribution in [0.4, 0.5) is 5.69 Å². The number of benzene rings is 1. The van der Waals surface area contributed by atoms with Gasteiger partial charge in [-0.25, -0.2) is 0 Å². The highest BCUT2D eigenvalue weighted by Gasteiger charge is 2.43. The summed E-state index contributed by atoms with van der Waals surface area (Å²) in [6.07, 6.45) is 5.96. The van der Waals surface area contributed by atoms with Crippen LogP contribution in [0, 0.1) is 12.3 Å². The molecule has 0 spiro atoms. The third-order valence-electron chi connectivity index (χ3n) is 4.93. The molecule has 2 aliphatic carbocycles. The molecule has 0 atom stereocenters.